The van der Waals surface area contributed by atoms with Crippen LogP contribution in [0.25, 0.3) is 0 Å². The van der Waals surface area contributed by atoms with Gasteiger partial charge in [0, 0.05) is 19.8 Å². The van der Waals surface area contributed by atoms with Crippen LogP contribution in [0.5, 0.6) is 0 Å². The lowest BCUT2D eigenvalue weighted by Crippen LogP contribution is -2.56. The number of nitrogens with one attached hydrogen (secondary N) is 1. The van der Waals surface area contributed by atoms with Crippen LogP contribution in [0.15, 0.2) is 0 Å². The fourth-order valence-electron chi connectivity index (χ4n) is 3.77. The normalized spacial score (nSPS) is 28.5. The summed E-state index contributed by atoms with van der Waals surface area (Å²) in [5.74, 6) is 3.17. The molecular formula is C16H31NO2S. The van der Waals surface area contributed by atoms with Crippen LogP contribution in [0.4, 0.5) is 0 Å². The number of methoxy groups -OCH3 is 1. The lowest BCUT2D eigenvalue weighted by molar-refractivity contribution is -0.124. The van der Waals surface area contributed by atoms with Crippen LogP contribution in [0.3, 0.4) is 0 Å². The molecule has 2 aliphatic rings. The van der Waals surface area contributed by atoms with Crippen molar-refractivity contribution in [2.45, 2.75) is 63.7 Å². The number of rotatable bonds is 5. The van der Waals surface area contributed by atoms with Gasteiger partial charge in [0.15, 0.2) is 0 Å². The summed E-state index contributed by atoms with van der Waals surface area (Å²) in [7, 11) is 1.83. The second-order valence-electron chi connectivity index (χ2n) is 6.74. The molecule has 0 aromatic carbocycles. The van der Waals surface area contributed by atoms with Crippen LogP contribution in [0.2, 0.25) is 0 Å². The monoisotopic (exact) mass is 301 g/mol. The Balaban J connectivity index is 2.08. The molecule has 0 amide bonds. The lowest BCUT2D eigenvalue weighted by atomic mass is 9.74. The third-order valence-corrected chi connectivity index (χ3v) is 6.09. The van der Waals surface area contributed by atoms with Gasteiger partial charge in [0.2, 0.25) is 0 Å². The van der Waals surface area contributed by atoms with Gasteiger partial charge in [-0.15, -0.1) is 0 Å². The van der Waals surface area contributed by atoms with E-state index in [2.05, 4.69) is 37.8 Å². The van der Waals surface area contributed by atoms with Gasteiger partial charge in [-0.3, -0.25) is 0 Å². The Labute approximate surface area is 128 Å². The molecular weight excluding hydrogens is 270 g/mol. The van der Waals surface area contributed by atoms with E-state index in [0.29, 0.717) is 12.0 Å². The maximum atomic E-state index is 6.23. The smallest absolute Gasteiger partial charge is 0.0777 e. The van der Waals surface area contributed by atoms with Crippen LogP contribution in [-0.4, -0.2) is 49.0 Å². The minimum Gasteiger partial charge on any atom is -0.377 e. The van der Waals surface area contributed by atoms with Crippen molar-refractivity contribution in [3.05, 3.63) is 0 Å². The molecule has 2 fully saturated rings. The van der Waals surface area contributed by atoms with Crippen molar-refractivity contribution < 1.29 is 9.47 Å². The van der Waals surface area contributed by atoms with Crippen LogP contribution in [0.1, 0.15) is 46.5 Å². The number of hydrogen-bond donors (Lipinski definition) is 1. The Morgan fingerprint density at radius 3 is 2.70 bits per heavy atom. The van der Waals surface area contributed by atoms with Crippen molar-refractivity contribution in [3.63, 3.8) is 0 Å². The molecule has 2 saturated heterocycles. The van der Waals surface area contributed by atoms with Gasteiger partial charge < -0.3 is 14.8 Å². The Morgan fingerprint density at radius 1 is 1.40 bits per heavy atom. The Hall–Kier alpha value is 0.230. The zero-order valence-electron chi connectivity index (χ0n) is 13.5. The van der Waals surface area contributed by atoms with Gasteiger partial charge in [-0.1, -0.05) is 6.92 Å². The van der Waals surface area contributed by atoms with Crippen molar-refractivity contribution in [1.29, 1.82) is 0 Å². The molecule has 0 aromatic heterocycles. The van der Waals surface area contributed by atoms with Gasteiger partial charge in [-0.2, -0.15) is 11.8 Å². The summed E-state index contributed by atoms with van der Waals surface area (Å²) in [4.78, 5) is 0. The Morgan fingerprint density at radius 2 is 2.10 bits per heavy atom. The molecule has 0 aromatic rings. The van der Waals surface area contributed by atoms with Crippen molar-refractivity contribution >= 4 is 11.8 Å². The summed E-state index contributed by atoms with van der Waals surface area (Å²) in [6.45, 7) is 8.51. The van der Waals surface area contributed by atoms with Gasteiger partial charge in [0.25, 0.3) is 0 Å². The van der Waals surface area contributed by atoms with Gasteiger partial charge in [-0.25, -0.2) is 0 Å². The number of thioether (sulfide) groups is 1. The summed E-state index contributed by atoms with van der Waals surface area (Å²) in [6, 6.07) is 0.410. The van der Waals surface area contributed by atoms with E-state index >= 15 is 0 Å². The molecule has 118 valence electrons. The number of likely N-dealkylation sites (N-methyl/N-ethyl adjacent to an activating group) is 1. The maximum Gasteiger partial charge on any atom is 0.0777 e. The Kier molecular flexibility index (Phi) is 5.80. The highest BCUT2D eigenvalue weighted by Crippen LogP contribution is 2.42. The van der Waals surface area contributed by atoms with Crippen LogP contribution in [0, 0.1) is 5.92 Å². The average molecular weight is 301 g/mol. The third-order valence-electron chi connectivity index (χ3n) is 5.11. The molecule has 0 saturated carbocycles. The minimum atomic E-state index is -0.122. The van der Waals surface area contributed by atoms with Crippen molar-refractivity contribution in [3.8, 4) is 0 Å². The predicted octanol–water partition coefficient (Wildman–Crippen LogP) is 3.08. The molecule has 0 bridgehead atoms. The summed E-state index contributed by atoms with van der Waals surface area (Å²) in [5.41, 5.74) is 0.0360. The highest BCUT2D eigenvalue weighted by molar-refractivity contribution is 7.99. The zero-order valence-corrected chi connectivity index (χ0v) is 14.4. The van der Waals surface area contributed by atoms with Gasteiger partial charge in [-0.05, 0) is 63.5 Å². The van der Waals surface area contributed by atoms with Gasteiger partial charge in [0.1, 0.15) is 0 Å². The van der Waals surface area contributed by atoms with E-state index < -0.39 is 0 Å². The lowest BCUT2D eigenvalue weighted by Gasteiger charge is -2.48. The van der Waals surface area contributed by atoms with Crippen molar-refractivity contribution in [2.75, 3.05) is 31.8 Å². The average Bonchev–Trinajstić information content (AvgIpc) is 2.45. The van der Waals surface area contributed by atoms with E-state index in [1.165, 1.54) is 30.8 Å². The quantitative estimate of drug-likeness (QED) is 0.845. The first-order chi connectivity index (χ1) is 9.53. The van der Waals surface area contributed by atoms with E-state index in [0.717, 1.165) is 19.6 Å². The topological polar surface area (TPSA) is 30.5 Å². The van der Waals surface area contributed by atoms with Crippen molar-refractivity contribution in [1.82, 2.24) is 5.32 Å². The van der Waals surface area contributed by atoms with Gasteiger partial charge in [0.05, 0.1) is 11.2 Å². The van der Waals surface area contributed by atoms with E-state index in [1.807, 2.05) is 7.11 Å². The van der Waals surface area contributed by atoms with Crippen molar-refractivity contribution in [2.24, 2.45) is 5.92 Å². The van der Waals surface area contributed by atoms with E-state index in [9.17, 15) is 0 Å². The highest BCUT2D eigenvalue weighted by Gasteiger charge is 2.44. The summed E-state index contributed by atoms with van der Waals surface area (Å²) in [6.07, 6.45) is 4.79. The molecule has 2 heterocycles. The van der Waals surface area contributed by atoms with E-state index in [1.54, 1.807) is 0 Å². The summed E-state index contributed by atoms with van der Waals surface area (Å²) < 4.78 is 12.0. The SMILES string of the molecule is CCNC(C1CCOC2(CCSCC2)C1)C(C)(C)OC. The molecule has 1 spiro atoms. The second kappa shape index (κ2) is 6.99. The fraction of sp³-hybridized carbons (Fsp3) is 1.00. The number of ether oxygens (including phenoxy) is 2. The molecule has 0 aliphatic carbocycles. The molecule has 2 rings (SSSR count). The van der Waals surface area contributed by atoms with E-state index in [4.69, 9.17) is 9.47 Å². The first kappa shape index (κ1) is 16.6. The predicted molar refractivity (Wildman–Crippen MR) is 86.5 cm³/mol. The van der Waals surface area contributed by atoms with Crippen LogP contribution in [-0.2, 0) is 9.47 Å². The molecule has 1 N–H and O–H groups in total. The van der Waals surface area contributed by atoms with Gasteiger partial charge >= 0.3 is 0 Å². The molecule has 3 nitrogen and oxygen atoms in total. The molecule has 0 radical (unpaired) electrons. The van der Waals surface area contributed by atoms with Crippen LogP contribution >= 0.6 is 11.8 Å². The largest absolute Gasteiger partial charge is 0.377 e. The first-order valence-corrected chi connectivity index (χ1v) is 9.19. The summed E-state index contributed by atoms with van der Waals surface area (Å²) in [5, 5.41) is 3.68. The Bertz CT molecular complexity index is 297. The second-order valence-corrected chi connectivity index (χ2v) is 7.96. The van der Waals surface area contributed by atoms with Crippen LogP contribution < -0.4 is 5.32 Å². The summed E-state index contributed by atoms with van der Waals surface area (Å²) >= 11 is 2.07. The third kappa shape index (κ3) is 3.70. The fourth-order valence-corrected chi connectivity index (χ4v) is 5.01. The zero-order chi connectivity index (χ0) is 14.6. The minimum absolute atomic E-state index is 0.122. The van der Waals surface area contributed by atoms with E-state index in [-0.39, 0.29) is 11.2 Å². The molecule has 2 unspecified atom stereocenters. The number of hydrogen-bond acceptors (Lipinski definition) is 4. The highest BCUT2D eigenvalue weighted by atomic mass is 32.2. The molecule has 2 atom stereocenters. The standard InChI is InChI=1S/C16H31NO2S/c1-5-17-14(15(2,3)18-4)13-6-9-19-16(12-13)7-10-20-11-8-16/h13-14,17H,5-12H2,1-4H3. The molecule has 20 heavy (non-hydrogen) atoms. The maximum absolute atomic E-state index is 6.23. The molecule has 2 aliphatic heterocycles. The molecule has 4 heteroatoms. The first-order valence-electron chi connectivity index (χ1n) is 8.03.